The van der Waals surface area contributed by atoms with Gasteiger partial charge in [-0.15, -0.1) is 0 Å². The van der Waals surface area contributed by atoms with E-state index in [1.54, 1.807) is 24.3 Å². The largest absolute Gasteiger partial charge is 0.495 e. The highest BCUT2D eigenvalue weighted by atomic mass is 32.2. The summed E-state index contributed by atoms with van der Waals surface area (Å²) in [4.78, 5) is 28.7. The molecule has 1 atom stereocenters. The molecule has 3 aromatic carbocycles. The number of likely N-dealkylation sites (N-methyl/N-ethyl adjacent to an activating group) is 1. The highest BCUT2D eigenvalue weighted by Crippen LogP contribution is 2.29. The summed E-state index contributed by atoms with van der Waals surface area (Å²) in [6.07, 6.45) is 1.32. The number of para-hydroxylation sites is 2. The first-order valence-electron chi connectivity index (χ1n) is 12.0. The average Bonchev–Trinajstić information content (AvgIpc) is 2.89. The minimum Gasteiger partial charge on any atom is -0.495 e. The van der Waals surface area contributed by atoms with Gasteiger partial charge in [0, 0.05) is 19.5 Å². The van der Waals surface area contributed by atoms with Crippen molar-refractivity contribution >= 4 is 27.5 Å². The number of anilines is 1. The number of hydrogen-bond acceptors (Lipinski definition) is 5. The first kappa shape index (κ1) is 27.7. The molecule has 0 aliphatic heterocycles. The van der Waals surface area contributed by atoms with Gasteiger partial charge in [0.25, 0.3) is 0 Å². The molecule has 0 aliphatic carbocycles. The van der Waals surface area contributed by atoms with E-state index < -0.39 is 28.5 Å². The number of rotatable bonds is 12. The van der Waals surface area contributed by atoms with Crippen LogP contribution in [0.5, 0.6) is 5.75 Å². The van der Waals surface area contributed by atoms with Crippen LogP contribution in [0.2, 0.25) is 0 Å². The Labute approximate surface area is 218 Å². The highest BCUT2D eigenvalue weighted by molar-refractivity contribution is 7.92. The second-order valence-corrected chi connectivity index (χ2v) is 10.5. The number of hydrogen-bond donors (Lipinski definition) is 1. The summed E-state index contributed by atoms with van der Waals surface area (Å²) in [7, 11) is -2.42. The molecule has 0 unspecified atom stereocenters. The Morgan fingerprint density at radius 3 is 2.03 bits per heavy atom. The van der Waals surface area contributed by atoms with Crippen molar-refractivity contribution in [3.8, 4) is 5.75 Å². The van der Waals surface area contributed by atoms with Crippen LogP contribution in [-0.4, -0.2) is 57.6 Å². The van der Waals surface area contributed by atoms with Crippen LogP contribution in [0, 0.1) is 0 Å². The summed E-state index contributed by atoms with van der Waals surface area (Å²) in [6, 6.07) is 24.5. The van der Waals surface area contributed by atoms with E-state index >= 15 is 0 Å². The number of carbonyl (C=O) groups excluding carboxylic acids is 2. The van der Waals surface area contributed by atoms with Crippen molar-refractivity contribution in [2.75, 3.05) is 30.8 Å². The van der Waals surface area contributed by atoms with Gasteiger partial charge >= 0.3 is 0 Å². The van der Waals surface area contributed by atoms with Gasteiger partial charge in [0.05, 0.1) is 19.1 Å². The smallest absolute Gasteiger partial charge is 0.244 e. The molecular weight excluding hydrogens is 490 g/mol. The number of methoxy groups -OCH3 is 1. The molecule has 0 fully saturated rings. The number of carbonyl (C=O) groups is 2. The molecule has 0 spiro atoms. The Bertz CT molecular complexity index is 1280. The number of amides is 2. The number of ether oxygens (including phenoxy) is 1. The molecule has 3 rings (SSSR count). The fourth-order valence-corrected chi connectivity index (χ4v) is 4.91. The Balaban J connectivity index is 2.04. The van der Waals surface area contributed by atoms with Crippen LogP contribution < -0.4 is 14.4 Å². The second-order valence-electron chi connectivity index (χ2n) is 8.55. The van der Waals surface area contributed by atoms with E-state index in [1.165, 1.54) is 12.0 Å². The molecule has 0 aromatic heterocycles. The number of benzene rings is 3. The van der Waals surface area contributed by atoms with Crippen molar-refractivity contribution in [3.63, 3.8) is 0 Å². The first-order chi connectivity index (χ1) is 17.7. The lowest BCUT2D eigenvalue weighted by molar-refractivity contribution is -0.140. The molecule has 0 saturated carbocycles. The molecule has 0 bridgehead atoms. The third kappa shape index (κ3) is 7.57. The lowest BCUT2D eigenvalue weighted by atomic mass is 10.0. The van der Waals surface area contributed by atoms with Crippen LogP contribution in [0.25, 0.3) is 0 Å². The quantitative estimate of drug-likeness (QED) is 0.393. The van der Waals surface area contributed by atoms with E-state index in [0.717, 1.165) is 21.7 Å². The SMILES string of the molecule is CCNC(=O)[C@@H](Cc1ccccc1)N(Cc1ccccc1)C(=O)CN(c1ccccc1OC)S(C)(=O)=O. The van der Waals surface area contributed by atoms with Crippen molar-refractivity contribution in [2.45, 2.75) is 25.9 Å². The minimum atomic E-state index is -3.86. The van der Waals surface area contributed by atoms with Gasteiger partial charge in [0.1, 0.15) is 18.3 Å². The molecule has 0 saturated heterocycles. The Kier molecular flexibility index (Phi) is 9.68. The van der Waals surface area contributed by atoms with Gasteiger partial charge in [-0.1, -0.05) is 72.8 Å². The monoisotopic (exact) mass is 523 g/mol. The molecule has 3 aromatic rings. The highest BCUT2D eigenvalue weighted by Gasteiger charge is 2.33. The average molecular weight is 524 g/mol. The van der Waals surface area contributed by atoms with E-state index in [9.17, 15) is 18.0 Å². The minimum absolute atomic E-state index is 0.137. The molecule has 0 heterocycles. The van der Waals surface area contributed by atoms with E-state index in [-0.39, 0.29) is 24.6 Å². The Morgan fingerprint density at radius 1 is 0.892 bits per heavy atom. The van der Waals surface area contributed by atoms with Crippen LogP contribution in [0.4, 0.5) is 5.69 Å². The van der Waals surface area contributed by atoms with Gasteiger partial charge in [0.2, 0.25) is 21.8 Å². The summed E-state index contributed by atoms with van der Waals surface area (Å²) >= 11 is 0. The van der Waals surface area contributed by atoms with Gasteiger partial charge in [-0.2, -0.15) is 0 Å². The van der Waals surface area contributed by atoms with Gasteiger partial charge in [0.15, 0.2) is 0 Å². The summed E-state index contributed by atoms with van der Waals surface area (Å²) < 4.78 is 32.0. The third-order valence-corrected chi connectivity index (χ3v) is 6.98. The van der Waals surface area contributed by atoms with Crippen molar-refractivity contribution < 1.29 is 22.7 Å². The Morgan fingerprint density at radius 2 is 1.46 bits per heavy atom. The molecular formula is C28H33N3O5S. The summed E-state index contributed by atoms with van der Waals surface area (Å²) in [5, 5.41) is 2.84. The molecule has 1 N–H and O–H groups in total. The van der Waals surface area contributed by atoms with Gasteiger partial charge in [-0.25, -0.2) is 8.42 Å². The van der Waals surface area contributed by atoms with Crippen molar-refractivity contribution in [1.29, 1.82) is 0 Å². The number of nitrogens with one attached hydrogen (secondary N) is 1. The molecule has 0 radical (unpaired) electrons. The zero-order chi connectivity index (χ0) is 26.8. The molecule has 196 valence electrons. The van der Waals surface area contributed by atoms with Crippen LogP contribution in [0.15, 0.2) is 84.9 Å². The predicted molar refractivity (Wildman–Crippen MR) is 145 cm³/mol. The molecule has 2 amide bonds. The maximum Gasteiger partial charge on any atom is 0.244 e. The topological polar surface area (TPSA) is 96.0 Å². The molecule has 8 nitrogen and oxygen atoms in total. The molecule has 9 heteroatoms. The molecule has 0 aliphatic rings. The zero-order valence-electron chi connectivity index (χ0n) is 21.3. The lowest BCUT2D eigenvalue weighted by Crippen LogP contribution is -2.53. The maximum atomic E-state index is 13.9. The van der Waals surface area contributed by atoms with Gasteiger partial charge in [-0.3, -0.25) is 13.9 Å². The number of sulfonamides is 1. The van der Waals surface area contributed by atoms with Crippen LogP contribution >= 0.6 is 0 Å². The van der Waals surface area contributed by atoms with E-state index in [2.05, 4.69) is 5.32 Å². The van der Waals surface area contributed by atoms with Crippen LogP contribution in [0.1, 0.15) is 18.1 Å². The zero-order valence-corrected chi connectivity index (χ0v) is 22.1. The first-order valence-corrected chi connectivity index (χ1v) is 13.8. The van der Waals surface area contributed by atoms with Crippen molar-refractivity contribution in [1.82, 2.24) is 10.2 Å². The normalized spacial score (nSPS) is 11.9. The predicted octanol–water partition coefficient (Wildman–Crippen LogP) is 3.24. The van der Waals surface area contributed by atoms with E-state index in [0.29, 0.717) is 12.3 Å². The summed E-state index contributed by atoms with van der Waals surface area (Å²) in [5.74, 6) is -0.494. The summed E-state index contributed by atoms with van der Waals surface area (Å²) in [5.41, 5.74) is 1.95. The fourth-order valence-electron chi connectivity index (χ4n) is 4.06. The molecule has 37 heavy (non-hydrogen) atoms. The number of nitrogens with zero attached hydrogens (tertiary/aromatic N) is 2. The standard InChI is InChI=1S/C28H33N3O5S/c1-4-29-28(33)25(19-22-13-7-5-8-14-22)30(20-23-15-9-6-10-16-23)27(32)21-31(37(3,34)35)24-17-11-12-18-26(24)36-2/h5-18,25H,4,19-21H2,1-3H3,(H,29,33)/t25-/m1/s1. The van der Waals surface area contributed by atoms with Crippen molar-refractivity contribution in [2.24, 2.45) is 0 Å². The lowest BCUT2D eigenvalue weighted by Gasteiger charge is -2.33. The van der Waals surface area contributed by atoms with Gasteiger partial charge < -0.3 is 15.0 Å². The van der Waals surface area contributed by atoms with Crippen LogP contribution in [0.3, 0.4) is 0 Å². The maximum absolute atomic E-state index is 13.9. The van der Waals surface area contributed by atoms with Crippen molar-refractivity contribution in [3.05, 3.63) is 96.1 Å². The summed E-state index contributed by atoms with van der Waals surface area (Å²) in [6.45, 7) is 1.86. The van der Waals surface area contributed by atoms with E-state index in [1.807, 2.05) is 67.6 Å². The Hall–Kier alpha value is -3.85. The second kappa shape index (κ2) is 12.9. The fraction of sp³-hybridized carbons (Fsp3) is 0.286. The van der Waals surface area contributed by atoms with Gasteiger partial charge in [-0.05, 0) is 30.2 Å². The van der Waals surface area contributed by atoms with E-state index in [4.69, 9.17) is 4.74 Å². The third-order valence-electron chi connectivity index (χ3n) is 5.85. The van der Waals surface area contributed by atoms with Crippen LogP contribution in [-0.2, 0) is 32.6 Å².